The molecule has 1 N–H and O–H groups in total. The summed E-state index contributed by atoms with van der Waals surface area (Å²) in [5, 5.41) is 3.24. The maximum absolute atomic E-state index is 12.5. The number of fused-ring (bicyclic) bond motifs is 1. The molecule has 6 heteroatoms. The lowest BCUT2D eigenvalue weighted by Crippen LogP contribution is -2.35. The third kappa shape index (κ3) is 4.11. The fraction of sp³-hybridized carbons (Fsp3) is 0.600. The summed E-state index contributed by atoms with van der Waals surface area (Å²) in [5.74, 6) is 1.23. The Morgan fingerprint density at radius 2 is 1.90 bits per heavy atom. The molecular weight excluding hydrogens is 290 g/mol. The van der Waals surface area contributed by atoms with E-state index in [-0.39, 0.29) is 11.8 Å². The SMILES string of the molecule is CCCC(CS(=O)(=O)c1ccc2c(c1)OCCO2)NCC. The number of hydrogen-bond donors (Lipinski definition) is 1. The summed E-state index contributed by atoms with van der Waals surface area (Å²) in [6.45, 7) is 5.76. The highest BCUT2D eigenvalue weighted by Gasteiger charge is 2.23. The Bertz CT molecular complexity index is 565. The Balaban J connectivity index is 2.18. The van der Waals surface area contributed by atoms with Crippen molar-refractivity contribution >= 4 is 9.84 Å². The lowest BCUT2D eigenvalue weighted by Gasteiger charge is -2.20. The van der Waals surface area contributed by atoms with E-state index in [4.69, 9.17) is 9.47 Å². The van der Waals surface area contributed by atoms with Crippen molar-refractivity contribution in [2.75, 3.05) is 25.5 Å². The summed E-state index contributed by atoms with van der Waals surface area (Å²) in [6, 6.07) is 4.82. The van der Waals surface area contributed by atoms with Gasteiger partial charge in [-0.2, -0.15) is 0 Å². The number of benzene rings is 1. The van der Waals surface area contributed by atoms with E-state index in [0.717, 1.165) is 19.4 Å². The molecule has 0 aromatic heterocycles. The van der Waals surface area contributed by atoms with Crippen molar-refractivity contribution in [1.29, 1.82) is 0 Å². The first kappa shape index (κ1) is 16.1. The highest BCUT2D eigenvalue weighted by Crippen LogP contribution is 2.32. The zero-order chi connectivity index (χ0) is 15.3. The Morgan fingerprint density at radius 3 is 2.57 bits per heavy atom. The lowest BCUT2D eigenvalue weighted by atomic mass is 10.2. The van der Waals surface area contributed by atoms with Crippen molar-refractivity contribution < 1.29 is 17.9 Å². The van der Waals surface area contributed by atoms with Gasteiger partial charge in [0.15, 0.2) is 21.3 Å². The highest BCUT2D eigenvalue weighted by molar-refractivity contribution is 7.91. The lowest BCUT2D eigenvalue weighted by molar-refractivity contribution is 0.171. The zero-order valence-corrected chi connectivity index (χ0v) is 13.4. The van der Waals surface area contributed by atoms with Crippen molar-refractivity contribution in [2.45, 2.75) is 37.6 Å². The van der Waals surface area contributed by atoms with Gasteiger partial charge in [-0.3, -0.25) is 0 Å². The van der Waals surface area contributed by atoms with E-state index in [1.807, 2.05) is 6.92 Å². The topological polar surface area (TPSA) is 64.6 Å². The molecule has 0 radical (unpaired) electrons. The monoisotopic (exact) mass is 313 g/mol. The van der Waals surface area contributed by atoms with Gasteiger partial charge in [0.1, 0.15) is 13.2 Å². The van der Waals surface area contributed by atoms with Crippen LogP contribution in [-0.4, -0.2) is 40.0 Å². The molecule has 1 atom stereocenters. The van der Waals surface area contributed by atoms with Crippen molar-refractivity contribution in [1.82, 2.24) is 5.32 Å². The van der Waals surface area contributed by atoms with Gasteiger partial charge in [0.2, 0.25) is 0 Å². The van der Waals surface area contributed by atoms with Crippen LogP contribution < -0.4 is 14.8 Å². The molecule has 0 aliphatic carbocycles. The standard InChI is InChI=1S/C15H23NO4S/c1-3-5-12(16-4-2)11-21(17,18)13-6-7-14-15(10-13)20-9-8-19-14/h6-7,10,12,16H,3-5,8-9,11H2,1-2H3. The molecule has 1 unspecified atom stereocenters. The molecular formula is C15H23NO4S. The summed E-state index contributed by atoms with van der Waals surface area (Å²) in [7, 11) is -3.34. The van der Waals surface area contributed by atoms with Gasteiger partial charge in [0.25, 0.3) is 0 Å². The quantitative estimate of drug-likeness (QED) is 0.834. The van der Waals surface area contributed by atoms with E-state index in [1.54, 1.807) is 18.2 Å². The van der Waals surface area contributed by atoms with Gasteiger partial charge >= 0.3 is 0 Å². The van der Waals surface area contributed by atoms with Crippen molar-refractivity contribution in [3.63, 3.8) is 0 Å². The second kappa shape index (κ2) is 7.13. The minimum absolute atomic E-state index is 0.0156. The third-order valence-electron chi connectivity index (χ3n) is 3.42. The number of hydrogen-bond acceptors (Lipinski definition) is 5. The van der Waals surface area contributed by atoms with Crippen LogP contribution in [0.2, 0.25) is 0 Å². The fourth-order valence-electron chi connectivity index (χ4n) is 2.46. The summed E-state index contributed by atoms with van der Waals surface area (Å²) in [4.78, 5) is 0.297. The van der Waals surface area contributed by atoms with Crippen LogP contribution in [0, 0.1) is 0 Å². The van der Waals surface area contributed by atoms with E-state index >= 15 is 0 Å². The molecule has 1 aliphatic heterocycles. The molecule has 118 valence electrons. The number of sulfone groups is 1. The van der Waals surface area contributed by atoms with Crippen molar-refractivity contribution in [3.05, 3.63) is 18.2 Å². The normalized spacial score (nSPS) is 15.7. The molecule has 0 spiro atoms. The van der Waals surface area contributed by atoms with E-state index in [9.17, 15) is 8.42 Å². The molecule has 0 saturated heterocycles. The maximum Gasteiger partial charge on any atom is 0.180 e. The van der Waals surface area contributed by atoms with E-state index in [0.29, 0.717) is 29.6 Å². The van der Waals surface area contributed by atoms with Crippen LogP contribution in [0.15, 0.2) is 23.1 Å². The van der Waals surface area contributed by atoms with Gasteiger partial charge in [0, 0.05) is 12.1 Å². The number of ether oxygens (including phenoxy) is 2. The van der Waals surface area contributed by atoms with Gasteiger partial charge in [0.05, 0.1) is 10.6 Å². The summed E-state index contributed by atoms with van der Waals surface area (Å²) >= 11 is 0. The van der Waals surface area contributed by atoms with Gasteiger partial charge < -0.3 is 14.8 Å². The first-order valence-electron chi connectivity index (χ1n) is 7.42. The minimum Gasteiger partial charge on any atom is -0.486 e. The van der Waals surface area contributed by atoms with E-state index < -0.39 is 9.84 Å². The number of rotatable bonds is 7. The molecule has 0 saturated carbocycles. The van der Waals surface area contributed by atoms with Gasteiger partial charge in [-0.1, -0.05) is 20.3 Å². The summed E-state index contributed by atoms with van der Waals surface area (Å²) in [5.41, 5.74) is 0. The van der Waals surface area contributed by atoms with Crippen LogP contribution in [0.4, 0.5) is 0 Å². The van der Waals surface area contributed by atoms with Crippen molar-refractivity contribution in [2.24, 2.45) is 0 Å². The maximum atomic E-state index is 12.5. The van der Waals surface area contributed by atoms with Gasteiger partial charge in [-0.25, -0.2) is 8.42 Å². The first-order valence-corrected chi connectivity index (χ1v) is 9.07. The average Bonchev–Trinajstić information content (AvgIpc) is 2.47. The second-order valence-corrected chi connectivity index (χ2v) is 7.16. The van der Waals surface area contributed by atoms with Crippen LogP contribution in [0.3, 0.4) is 0 Å². The second-order valence-electron chi connectivity index (χ2n) is 5.13. The predicted molar refractivity (Wildman–Crippen MR) is 81.9 cm³/mol. The Kier molecular flexibility index (Phi) is 5.47. The summed E-state index contributed by atoms with van der Waals surface area (Å²) in [6.07, 6.45) is 1.80. The average molecular weight is 313 g/mol. The fourth-order valence-corrected chi connectivity index (χ4v) is 4.03. The van der Waals surface area contributed by atoms with Gasteiger partial charge in [-0.05, 0) is 25.1 Å². The Hall–Kier alpha value is -1.27. The van der Waals surface area contributed by atoms with E-state index in [1.165, 1.54) is 0 Å². The minimum atomic E-state index is -3.34. The van der Waals surface area contributed by atoms with Crippen molar-refractivity contribution in [3.8, 4) is 11.5 Å². The molecule has 1 aliphatic rings. The first-order chi connectivity index (χ1) is 10.1. The third-order valence-corrected chi connectivity index (χ3v) is 5.24. The van der Waals surface area contributed by atoms with E-state index in [2.05, 4.69) is 12.2 Å². The van der Waals surface area contributed by atoms with Gasteiger partial charge in [-0.15, -0.1) is 0 Å². The van der Waals surface area contributed by atoms with Crippen LogP contribution in [-0.2, 0) is 9.84 Å². The Morgan fingerprint density at radius 1 is 1.19 bits per heavy atom. The molecule has 1 heterocycles. The molecule has 0 fully saturated rings. The largest absolute Gasteiger partial charge is 0.486 e. The van der Waals surface area contributed by atoms with Crippen LogP contribution in [0.25, 0.3) is 0 Å². The Labute approximate surface area is 126 Å². The molecule has 1 aromatic rings. The summed E-state index contributed by atoms with van der Waals surface area (Å²) < 4.78 is 36.0. The molecule has 5 nitrogen and oxygen atoms in total. The molecule has 2 rings (SSSR count). The van der Waals surface area contributed by atoms with Crippen LogP contribution in [0.5, 0.6) is 11.5 Å². The molecule has 0 bridgehead atoms. The molecule has 0 amide bonds. The molecule has 21 heavy (non-hydrogen) atoms. The van der Waals surface area contributed by atoms with Crippen LogP contribution in [0.1, 0.15) is 26.7 Å². The highest BCUT2D eigenvalue weighted by atomic mass is 32.2. The zero-order valence-electron chi connectivity index (χ0n) is 12.6. The smallest absolute Gasteiger partial charge is 0.180 e. The molecule has 1 aromatic carbocycles. The predicted octanol–water partition coefficient (Wildman–Crippen LogP) is 2.01. The number of nitrogens with one attached hydrogen (secondary N) is 1. The van der Waals surface area contributed by atoms with Crippen LogP contribution >= 0.6 is 0 Å².